The van der Waals surface area contributed by atoms with E-state index in [0.29, 0.717) is 5.41 Å². The number of rotatable bonds is 4. The topological polar surface area (TPSA) is 68.3 Å². The average Bonchev–Trinajstić information content (AvgIpc) is 3.31. The lowest BCUT2D eigenvalue weighted by atomic mass is 9.60. The van der Waals surface area contributed by atoms with E-state index in [-0.39, 0.29) is 28.8 Å². The van der Waals surface area contributed by atoms with Crippen molar-refractivity contribution in [3.63, 3.8) is 0 Å². The molecule has 2 unspecified atom stereocenters. The van der Waals surface area contributed by atoms with E-state index in [1.807, 2.05) is 6.92 Å². The fraction of sp³-hybridized carbons (Fsp3) is 0.667. The van der Waals surface area contributed by atoms with Crippen LogP contribution in [-0.4, -0.2) is 22.9 Å². The van der Waals surface area contributed by atoms with Crippen molar-refractivity contribution < 1.29 is 14.3 Å². The molecule has 0 radical (unpaired) electrons. The number of pyridine rings is 1. The van der Waals surface area contributed by atoms with E-state index in [0.717, 1.165) is 24.3 Å². The van der Waals surface area contributed by atoms with Crippen LogP contribution in [0.25, 0.3) is 0 Å². The number of esters is 1. The van der Waals surface area contributed by atoms with Crippen molar-refractivity contribution in [3.05, 3.63) is 23.5 Å². The molecule has 5 nitrogen and oxygen atoms in total. The standard InChI is InChI=1S/C21H30N2O3/c1-13-8-9-22-17(18(13)26-14(2)24)19(25)23-16-10-20(3,4)12-21(5,11-16)15-6-7-15/h8-9,15-16H,6-7,10-12H2,1-5H3,(H,23,25). The normalized spacial score (nSPS) is 27.7. The maximum atomic E-state index is 12.9. The van der Waals surface area contributed by atoms with Gasteiger partial charge in [0.05, 0.1) is 0 Å². The van der Waals surface area contributed by atoms with Crippen LogP contribution in [0, 0.1) is 23.7 Å². The largest absolute Gasteiger partial charge is 0.424 e. The van der Waals surface area contributed by atoms with Crippen molar-refractivity contribution in [1.82, 2.24) is 10.3 Å². The first-order valence-corrected chi connectivity index (χ1v) is 9.54. The molecule has 3 rings (SSSR count). The molecule has 0 aromatic carbocycles. The molecule has 2 fully saturated rings. The Bertz CT molecular complexity index is 724. The molecule has 2 aliphatic rings. The molecule has 26 heavy (non-hydrogen) atoms. The molecule has 1 aromatic rings. The maximum Gasteiger partial charge on any atom is 0.308 e. The highest BCUT2D eigenvalue weighted by molar-refractivity contribution is 5.96. The first-order valence-electron chi connectivity index (χ1n) is 9.54. The van der Waals surface area contributed by atoms with Crippen molar-refractivity contribution in [1.29, 1.82) is 0 Å². The lowest BCUT2D eigenvalue weighted by molar-refractivity contribution is -0.131. The SMILES string of the molecule is CC(=O)Oc1c(C)ccnc1C(=O)NC1CC(C)(C)CC(C)(C2CC2)C1. The molecule has 142 valence electrons. The zero-order valence-electron chi connectivity index (χ0n) is 16.5. The summed E-state index contributed by atoms with van der Waals surface area (Å²) in [6.45, 7) is 10.1. The van der Waals surface area contributed by atoms with E-state index < -0.39 is 5.97 Å². The number of aryl methyl sites for hydroxylation is 1. The van der Waals surface area contributed by atoms with Gasteiger partial charge in [-0.15, -0.1) is 0 Å². The quantitative estimate of drug-likeness (QED) is 0.825. The van der Waals surface area contributed by atoms with E-state index >= 15 is 0 Å². The van der Waals surface area contributed by atoms with Crippen LogP contribution in [0.1, 0.15) is 75.9 Å². The van der Waals surface area contributed by atoms with Gasteiger partial charge in [-0.25, -0.2) is 4.98 Å². The molecule has 2 atom stereocenters. The number of ether oxygens (including phenoxy) is 1. The first-order chi connectivity index (χ1) is 12.1. The van der Waals surface area contributed by atoms with Crippen molar-refractivity contribution >= 4 is 11.9 Å². The average molecular weight is 358 g/mol. The fourth-order valence-corrected chi connectivity index (χ4v) is 4.97. The fourth-order valence-electron chi connectivity index (χ4n) is 4.97. The molecule has 1 amide bonds. The molecule has 0 spiro atoms. The van der Waals surface area contributed by atoms with E-state index in [2.05, 4.69) is 31.1 Å². The van der Waals surface area contributed by atoms with Gasteiger partial charge in [-0.05, 0) is 67.4 Å². The molecule has 2 aliphatic carbocycles. The summed E-state index contributed by atoms with van der Waals surface area (Å²) in [5.41, 5.74) is 1.41. The zero-order chi connectivity index (χ0) is 19.1. The van der Waals surface area contributed by atoms with Crippen LogP contribution in [0.5, 0.6) is 5.75 Å². The minimum absolute atomic E-state index is 0.115. The third kappa shape index (κ3) is 4.08. The number of carbonyl (C=O) groups excluding carboxylic acids is 2. The predicted octanol–water partition coefficient (Wildman–Crippen LogP) is 4.04. The summed E-state index contributed by atoms with van der Waals surface area (Å²) in [5, 5.41) is 3.18. The Kier molecular flexibility index (Phi) is 4.84. The summed E-state index contributed by atoms with van der Waals surface area (Å²) in [6.07, 6.45) is 7.36. The lowest BCUT2D eigenvalue weighted by Gasteiger charge is -2.47. The Hall–Kier alpha value is -1.91. The third-order valence-electron chi connectivity index (χ3n) is 5.85. The number of nitrogens with zero attached hydrogens (tertiary/aromatic N) is 1. The Morgan fingerprint density at radius 3 is 2.54 bits per heavy atom. The molecule has 0 bridgehead atoms. The highest BCUT2D eigenvalue weighted by Crippen LogP contribution is 2.57. The molecular weight excluding hydrogens is 328 g/mol. The molecule has 5 heteroatoms. The van der Waals surface area contributed by atoms with Gasteiger partial charge in [0.1, 0.15) is 0 Å². The monoisotopic (exact) mass is 358 g/mol. The molecule has 1 N–H and O–H groups in total. The van der Waals surface area contributed by atoms with E-state index in [1.54, 1.807) is 12.3 Å². The maximum absolute atomic E-state index is 12.9. The number of aromatic nitrogens is 1. The van der Waals surface area contributed by atoms with Gasteiger partial charge >= 0.3 is 5.97 Å². The summed E-state index contributed by atoms with van der Waals surface area (Å²) in [5.74, 6) is 0.341. The molecule has 0 saturated heterocycles. The minimum atomic E-state index is -0.449. The predicted molar refractivity (Wildman–Crippen MR) is 100 cm³/mol. The smallest absolute Gasteiger partial charge is 0.308 e. The zero-order valence-corrected chi connectivity index (χ0v) is 16.5. The van der Waals surface area contributed by atoms with Gasteiger partial charge in [-0.2, -0.15) is 0 Å². The highest BCUT2D eigenvalue weighted by Gasteiger charge is 2.49. The summed E-state index contributed by atoms with van der Waals surface area (Å²) in [7, 11) is 0. The number of amides is 1. The first kappa shape index (κ1) is 18.9. The van der Waals surface area contributed by atoms with Gasteiger partial charge in [-0.1, -0.05) is 20.8 Å². The van der Waals surface area contributed by atoms with Crippen LogP contribution in [0.15, 0.2) is 12.3 Å². The number of hydrogen-bond donors (Lipinski definition) is 1. The lowest BCUT2D eigenvalue weighted by Crippen LogP contribution is -2.47. The van der Waals surface area contributed by atoms with Crippen LogP contribution in [0.3, 0.4) is 0 Å². The molecule has 1 heterocycles. The van der Waals surface area contributed by atoms with Gasteiger partial charge in [0, 0.05) is 19.2 Å². The van der Waals surface area contributed by atoms with Gasteiger partial charge in [0.2, 0.25) is 0 Å². The van der Waals surface area contributed by atoms with Crippen LogP contribution in [0.4, 0.5) is 0 Å². The molecule has 1 aromatic heterocycles. The summed E-state index contributed by atoms with van der Waals surface area (Å²) < 4.78 is 5.25. The Morgan fingerprint density at radius 2 is 1.92 bits per heavy atom. The second-order valence-corrected chi connectivity index (χ2v) is 9.25. The van der Waals surface area contributed by atoms with Gasteiger partial charge in [0.15, 0.2) is 11.4 Å². The van der Waals surface area contributed by atoms with Crippen molar-refractivity contribution in [2.75, 3.05) is 0 Å². The molecule has 2 saturated carbocycles. The number of carbonyl (C=O) groups is 2. The molecule has 0 aliphatic heterocycles. The van der Waals surface area contributed by atoms with Crippen molar-refractivity contribution in [2.45, 2.75) is 72.8 Å². The van der Waals surface area contributed by atoms with Crippen molar-refractivity contribution in [2.24, 2.45) is 16.7 Å². The number of hydrogen-bond acceptors (Lipinski definition) is 4. The van der Waals surface area contributed by atoms with Crippen LogP contribution in [-0.2, 0) is 4.79 Å². The van der Waals surface area contributed by atoms with Crippen molar-refractivity contribution in [3.8, 4) is 5.75 Å². The minimum Gasteiger partial charge on any atom is -0.424 e. The second-order valence-electron chi connectivity index (χ2n) is 9.25. The van der Waals surface area contributed by atoms with Crippen LogP contribution >= 0.6 is 0 Å². The Labute approximate surface area is 155 Å². The van der Waals surface area contributed by atoms with Gasteiger partial charge in [-0.3, -0.25) is 9.59 Å². The highest BCUT2D eigenvalue weighted by atomic mass is 16.5. The van der Waals surface area contributed by atoms with Gasteiger partial charge in [0.25, 0.3) is 5.91 Å². The van der Waals surface area contributed by atoms with Crippen LogP contribution < -0.4 is 10.1 Å². The van der Waals surface area contributed by atoms with Gasteiger partial charge < -0.3 is 10.1 Å². The summed E-state index contributed by atoms with van der Waals surface area (Å²) in [6, 6.07) is 1.85. The Morgan fingerprint density at radius 1 is 1.23 bits per heavy atom. The Balaban J connectivity index is 1.79. The molecular formula is C21H30N2O3. The summed E-state index contributed by atoms with van der Waals surface area (Å²) >= 11 is 0. The van der Waals surface area contributed by atoms with E-state index in [1.165, 1.54) is 26.2 Å². The number of nitrogens with one attached hydrogen (secondary N) is 1. The second kappa shape index (κ2) is 6.67. The van der Waals surface area contributed by atoms with E-state index in [9.17, 15) is 9.59 Å². The van der Waals surface area contributed by atoms with Crippen LogP contribution in [0.2, 0.25) is 0 Å². The summed E-state index contributed by atoms with van der Waals surface area (Å²) in [4.78, 5) is 28.5. The van der Waals surface area contributed by atoms with E-state index in [4.69, 9.17) is 4.74 Å². The third-order valence-corrected chi connectivity index (χ3v) is 5.85.